The van der Waals surface area contributed by atoms with Gasteiger partial charge in [-0.3, -0.25) is 4.79 Å². The van der Waals surface area contributed by atoms with E-state index in [-0.39, 0.29) is 31.0 Å². The van der Waals surface area contributed by atoms with Crippen LogP contribution in [0.1, 0.15) is 11.5 Å². The molecule has 0 saturated heterocycles. The van der Waals surface area contributed by atoms with Crippen molar-refractivity contribution in [3.05, 3.63) is 27.9 Å². The highest BCUT2D eigenvalue weighted by atomic mass is 19.4. The minimum absolute atomic E-state index is 0.100. The van der Waals surface area contributed by atoms with E-state index in [4.69, 9.17) is 4.74 Å². The van der Waals surface area contributed by atoms with Crippen LogP contribution in [-0.2, 0) is 22.5 Å². The molecule has 0 fully saturated rings. The van der Waals surface area contributed by atoms with Crippen molar-refractivity contribution in [1.29, 1.82) is 0 Å². The minimum atomic E-state index is -4.35. The highest BCUT2D eigenvalue weighted by molar-refractivity contribution is 5.01. The summed E-state index contributed by atoms with van der Waals surface area (Å²) in [6.07, 6.45) is -4.25. The zero-order chi connectivity index (χ0) is 13.6. The Morgan fingerprint density at radius 3 is 2.78 bits per heavy atom. The zero-order valence-corrected chi connectivity index (χ0v) is 9.71. The van der Waals surface area contributed by atoms with Crippen LogP contribution in [0.15, 0.2) is 10.9 Å². The lowest BCUT2D eigenvalue weighted by atomic mass is 10.3. The van der Waals surface area contributed by atoms with E-state index in [1.54, 1.807) is 0 Å². The summed E-state index contributed by atoms with van der Waals surface area (Å²) < 4.78 is 44.6. The van der Waals surface area contributed by atoms with E-state index in [0.717, 1.165) is 0 Å². The second-order valence-electron chi connectivity index (χ2n) is 3.53. The van der Waals surface area contributed by atoms with Crippen molar-refractivity contribution in [2.24, 2.45) is 0 Å². The van der Waals surface area contributed by atoms with Gasteiger partial charge < -0.3 is 14.5 Å². The molecule has 1 rings (SSSR count). The van der Waals surface area contributed by atoms with Crippen LogP contribution in [0.2, 0.25) is 0 Å². The molecule has 0 aromatic carbocycles. The van der Waals surface area contributed by atoms with Gasteiger partial charge in [0.25, 0.3) is 5.56 Å². The van der Waals surface area contributed by atoms with E-state index in [2.05, 4.69) is 14.7 Å². The summed E-state index contributed by atoms with van der Waals surface area (Å²) in [5, 5.41) is 0. The molecule has 1 aromatic rings. The molecule has 0 bridgehead atoms. The molecule has 0 amide bonds. The van der Waals surface area contributed by atoms with Gasteiger partial charge in [-0.15, -0.1) is 0 Å². The van der Waals surface area contributed by atoms with E-state index in [0.29, 0.717) is 5.69 Å². The first kappa shape index (κ1) is 14.7. The lowest BCUT2D eigenvalue weighted by Crippen LogP contribution is -2.19. The van der Waals surface area contributed by atoms with Crippen molar-refractivity contribution >= 4 is 0 Å². The van der Waals surface area contributed by atoms with Crippen LogP contribution in [0.3, 0.4) is 0 Å². The minimum Gasteiger partial charge on any atom is -0.378 e. The van der Waals surface area contributed by atoms with Gasteiger partial charge in [-0.2, -0.15) is 13.2 Å². The van der Waals surface area contributed by atoms with Crippen LogP contribution >= 0.6 is 0 Å². The zero-order valence-electron chi connectivity index (χ0n) is 9.71. The van der Waals surface area contributed by atoms with Crippen LogP contribution in [0.4, 0.5) is 13.2 Å². The third-order valence-corrected chi connectivity index (χ3v) is 1.88. The molecule has 8 heteroatoms. The van der Waals surface area contributed by atoms with Gasteiger partial charge in [0, 0.05) is 19.6 Å². The largest absolute Gasteiger partial charge is 0.411 e. The lowest BCUT2D eigenvalue weighted by Gasteiger charge is -2.07. The van der Waals surface area contributed by atoms with Crippen LogP contribution < -0.4 is 5.56 Å². The summed E-state index contributed by atoms with van der Waals surface area (Å²) in [5.74, 6) is 0.275. The number of methoxy groups -OCH3 is 1. The number of hydrogen-bond acceptors (Lipinski definition) is 4. The van der Waals surface area contributed by atoms with Gasteiger partial charge in [-0.05, 0) is 0 Å². The number of nitrogens with zero attached hydrogens (tertiary/aromatic N) is 1. The fourth-order valence-electron chi connectivity index (χ4n) is 1.26. The van der Waals surface area contributed by atoms with Crippen LogP contribution in [-0.4, -0.2) is 36.5 Å². The second-order valence-corrected chi connectivity index (χ2v) is 3.53. The van der Waals surface area contributed by atoms with Crippen molar-refractivity contribution in [3.8, 4) is 0 Å². The van der Waals surface area contributed by atoms with Gasteiger partial charge in [0.15, 0.2) is 0 Å². The Bertz CT molecular complexity index is 431. The first-order valence-corrected chi connectivity index (χ1v) is 5.13. The number of H-pyrrole nitrogens is 1. The quantitative estimate of drug-likeness (QED) is 0.781. The SMILES string of the molecule is COCc1cc(=O)[nH]c(CCOCC(F)(F)F)n1. The van der Waals surface area contributed by atoms with Crippen LogP contribution in [0.5, 0.6) is 0 Å². The first-order chi connectivity index (χ1) is 8.40. The molecular weight excluding hydrogens is 253 g/mol. The van der Waals surface area contributed by atoms with Gasteiger partial charge in [0.2, 0.25) is 0 Å². The van der Waals surface area contributed by atoms with Crippen molar-refractivity contribution in [2.75, 3.05) is 20.3 Å². The maximum atomic E-state index is 11.8. The Labute approximate surface area is 101 Å². The van der Waals surface area contributed by atoms with E-state index in [1.165, 1.54) is 13.2 Å². The molecule has 18 heavy (non-hydrogen) atoms. The van der Waals surface area contributed by atoms with Crippen molar-refractivity contribution in [3.63, 3.8) is 0 Å². The highest BCUT2D eigenvalue weighted by Gasteiger charge is 2.27. The summed E-state index contributed by atoms with van der Waals surface area (Å²) in [5.41, 5.74) is 0.0509. The molecule has 0 radical (unpaired) electrons. The first-order valence-electron chi connectivity index (χ1n) is 5.13. The number of halogens is 3. The summed E-state index contributed by atoms with van der Waals surface area (Å²) in [6, 6.07) is 1.27. The number of ether oxygens (including phenoxy) is 2. The highest BCUT2D eigenvalue weighted by Crippen LogP contribution is 2.14. The van der Waals surface area contributed by atoms with E-state index >= 15 is 0 Å². The molecule has 0 aliphatic rings. The second kappa shape index (κ2) is 6.50. The summed E-state index contributed by atoms with van der Waals surface area (Å²) in [4.78, 5) is 17.6. The monoisotopic (exact) mass is 266 g/mol. The average molecular weight is 266 g/mol. The number of aromatic nitrogens is 2. The van der Waals surface area contributed by atoms with Crippen molar-refractivity contribution in [2.45, 2.75) is 19.2 Å². The third-order valence-electron chi connectivity index (χ3n) is 1.88. The predicted molar refractivity (Wildman–Crippen MR) is 56.1 cm³/mol. The van der Waals surface area contributed by atoms with Gasteiger partial charge in [0.1, 0.15) is 12.4 Å². The molecule has 0 saturated carbocycles. The number of hydrogen-bond donors (Lipinski definition) is 1. The molecule has 5 nitrogen and oxygen atoms in total. The molecule has 0 aliphatic carbocycles. The van der Waals surface area contributed by atoms with Gasteiger partial charge >= 0.3 is 6.18 Å². The van der Waals surface area contributed by atoms with E-state index in [1.807, 2.05) is 0 Å². The molecule has 1 heterocycles. The molecule has 1 N–H and O–H groups in total. The molecule has 0 aliphatic heterocycles. The normalized spacial score (nSPS) is 11.8. The molecule has 0 unspecified atom stereocenters. The van der Waals surface area contributed by atoms with Crippen molar-refractivity contribution in [1.82, 2.24) is 9.97 Å². The molecular formula is C10H13F3N2O3. The van der Waals surface area contributed by atoms with Crippen molar-refractivity contribution < 1.29 is 22.6 Å². The molecule has 0 atom stereocenters. The number of rotatable bonds is 6. The maximum absolute atomic E-state index is 11.8. The predicted octanol–water partition coefficient (Wildman–Crippen LogP) is 1.04. The smallest absolute Gasteiger partial charge is 0.378 e. The Balaban J connectivity index is 2.49. The van der Waals surface area contributed by atoms with E-state index in [9.17, 15) is 18.0 Å². The Hall–Kier alpha value is -1.41. The molecule has 1 aromatic heterocycles. The Kier molecular flexibility index (Phi) is 5.29. The molecule has 102 valence electrons. The fraction of sp³-hybridized carbons (Fsp3) is 0.600. The van der Waals surface area contributed by atoms with Crippen LogP contribution in [0.25, 0.3) is 0 Å². The fourth-order valence-corrected chi connectivity index (χ4v) is 1.26. The third kappa shape index (κ3) is 5.78. The number of nitrogens with one attached hydrogen (secondary N) is 1. The maximum Gasteiger partial charge on any atom is 0.411 e. The standard InChI is InChI=1S/C10H13F3N2O3/c1-17-5-7-4-9(16)15-8(14-7)2-3-18-6-10(11,12)13/h4H,2-3,5-6H2,1H3,(H,14,15,16). The summed E-state index contributed by atoms with van der Waals surface area (Å²) in [7, 11) is 1.45. The number of alkyl halides is 3. The van der Waals surface area contributed by atoms with Gasteiger partial charge in [-0.25, -0.2) is 4.98 Å². The van der Waals surface area contributed by atoms with E-state index < -0.39 is 12.8 Å². The average Bonchev–Trinajstić information content (AvgIpc) is 2.23. The number of aromatic amines is 1. The molecule has 0 spiro atoms. The van der Waals surface area contributed by atoms with Crippen LogP contribution in [0, 0.1) is 0 Å². The Morgan fingerprint density at radius 2 is 2.17 bits per heavy atom. The lowest BCUT2D eigenvalue weighted by molar-refractivity contribution is -0.173. The topological polar surface area (TPSA) is 64.2 Å². The summed E-state index contributed by atoms with van der Waals surface area (Å²) >= 11 is 0. The van der Waals surface area contributed by atoms with Gasteiger partial charge in [-0.1, -0.05) is 0 Å². The Morgan fingerprint density at radius 1 is 1.44 bits per heavy atom. The summed E-state index contributed by atoms with van der Waals surface area (Å²) in [6.45, 7) is -1.31. The van der Waals surface area contributed by atoms with Gasteiger partial charge in [0.05, 0.1) is 18.9 Å².